The minimum Gasteiger partial charge on any atom is -0.478 e. The van der Waals surface area contributed by atoms with Gasteiger partial charge in [-0.05, 0) is 24.1 Å². The van der Waals surface area contributed by atoms with Gasteiger partial charge in [0.25, 0.3) is 0 Å². The third-order valence-corrected chi connectivity index (χ3v) is 2.89. The van der Waals surface area contributed by atoms with Gasteiger partial charge in [-0.25, -0.2) is 4.79 Å². The first kappa shape index (κ1) is 12.1. The van der Waals surface area contributed by atoms with Crippen molar-refractivity contribution in [1.29, 1.82) is 0 Å². The highest BCUT2D eigenvalue weighted by Gasteiger charge is 2.10. The molecule has 17 heavy (non-hydrogen) atoms. The van der Waals surface area contributed by atoms with Gasteiger partial charge in [0.2, 0.25) is 0 Å². The molecule has 2 rings (SSSR count). The van der Waals surface area contributed by atoms with Gasteiger partial charge in [0, 0.05) is 26.2 Å². The maximum absolute atomic E-state index is 10.9. The van der Waals surface area contributed by atoms with Gasteiger partial charge in [0.05, 0.1) is 12.2 Å². The highest BCUT2D eigenvalue weighted by molar-refractivity contribution is 5.87. The van der Waals surface area contributed by atoms with E-state index in [4.69, 9.17) is 9.84 Å². The second-order valence-electron chi connectivity index (χ2n) is 4.25. The molecule has 0 radical (unpaired) electrons. The molecule has 1 aromatic carbocycles. The van der Waals surface area contributed by atoms with Crippen LogP contribution in [0, 0.1) is 0 Å². The smallest absolute Gasteiger partial charge is 0.335 e. The first-order chi connectivity index (χ1) is 8.25. The van der Waals surface area contributed by atoms with Gasteiger partial charge >= 0.3 is 5.97 Å². The summed E-state index contributed by atoms with van der Waals surface area (Å²) in [6.45, 7) is 4.31. The molecule has 0 amide bonds. The lowest BCUT2D eigenvalue weighted by molar-refractivity contribution is 0.0696. The fourth-order valence-corrected chi connectivity index (χ4v) is 2.02. The zero-order valence-electron chi connectivity index (χ0n) is 9.76. The molecule has 1 aromatic rings. The van der Waals surface area contributed by atoms with E-state index in [2.05, 4.69) is 4.90 Å². The molecule has 4 nitrogen and oxygen atoms in total. The topological polar surface area (TPSA) is 49.8 Å². The number of ether oxygens (including phenoxy) is 1. The Morgan fingerprint density at radius 2 is 2.24 bits per heavy atom. The third kappa shape index (κ3) is 3.54. The number of carbonyl (C=O) groups is 1. The van der Waals surface area contributed by atoms with Crippen LogP contribution in [0.2, 0.25) is 0 Å². The number of aromatic carboxylic acids is 1. The molecule has 0 unspecified atom stereocenters. The first-order valence-corrected chi connectivity index (χ1v) is 5.88. The summed E-state index contributed by atoms with van der Waals surface area (Å²) in [5.41, 5.74) is 1.40. The molecule has 0 atom stereocenters. The van der Waals surface area contributed by atoms with Crippen LogP contribution in [-0.2, 0) is 11.3 Å². The Hall–Kier alpha value is -1.39. The number of nitrogens with zero attached hydrogens (tertiary/aromatic N) is 1. The van der Waals surface area contributed by atoms with Crippen LogP contribution in [0.15, 0.2) is 24.3 Å². The molecule has 92 valence electrons. The highest BCUT2D eigenvalue weighted by atomic mass is 16.5. The van der Waals surface area contributed by atoms with Crippen LogP contribution in [-0.4, -0.2) is 42.3 Å². The zero-order valence-corrected chi connectivity index (χ0v) is 9.76. The molecular weight excluding hydrogens is 218 g/mol. The van der Waals surface area contributed by atoms with Gasteiger partial charge in [-0.2, -0.15) is 0 Å². The van der Waals surface area contributed by atoms with Gasteiger partial charge in [0.15, 0.2) is 0 Å². The molecule has 0 spiro atoms. The molecule has 0 saturated carbocycles. The molecular formula is C13H17NO3. The summed E-state index contributed by atoms with van der Waals surface area (Å²) in [6.07, 6.45) is 1.04. The summed E-state index contributed by atoms with van der Waals surface area (Å²) in [5, 5.41) is 8.93. The average Bonchev–Trinajstić information content (AvgIpc) is 2.58. The third-order valence-electron chi connectivity index (χ3n) is 2.89. The van der Waals surface area contributed by atoms with Crippen molar-refractivity contribution >= 4 is 5.97 Å². The number of hydrogen-bond donors (Lipinski definition) is 1. The molecule has 1 saturated heterocycles. The van der Waals surface area contributed by atoms with E-state index in [0.29, 0.717) is 5.56 Å². The fourth-order valence-electron chi connectivity index (χ4n) is 2.02. The van der Waals surface area contributed by atoms with E-state index < -0.39 is 5.97 Å². The highest BCUT2D eigenvalue weighted by Crippen LogP contribution is 2.10. The minimum atomic E-state index is -0.869. The molecule has 1 heterocycles. The number of carboxylic acid groups (broad SMARTS) is 1. The molecule has 1 fully saturated rings. The van der Waals surface area contributed by atoms with E-state index in [1.165, 1.54) is 0 Å². The van der Waals surface area contributed by atoms with E-state index in [9.17, 15) is 4.79 Å². The van der Waals surface area contributed by atoms with Crippen LogP contribution >= 0.6 is 0 Å². The summed E-state index contributed by atoms with van der Waals surface area (Å²) in [7, 11) is 0. The predicted molar refractivity (Wildman–Crippen MR) is 64.1 cm³/mol. The maximum Gasteiger partial charge on any atom is 0.335 e. The minimum absolute atomic E-state index is 0.355. The summed E-state index contributed by atoms with van der Waals surface area (Å²) in [4.78, 5) is 13.2. The Labute approximate surface area is 101 Å². The zero-order chi connectivity index (χ0) is 12.1. The monoisotopic (exact) mass is 235 g/mol. The molecule has 0 bridgehead atoms. The van der Waals surface area contributed by atoms with Gasteiger partial charge in [-0.15, -0.1) is 0 Å². The van der Waals surface area contributed by atoms with Crippen molar-refractivity contribution in [3.05, 3.63) is 35.4 Å². The Kier molecular flexibility index (Phi) is 4.12. The quantitative estimate of drug-likeness (QED) is 0.864. The van der Waals surface area contributed by atoms with Crippen molar-refractivity contribution in [2.75, 3.05) is 26.3 Å². The van der Waals surface area contributed by atoms with Crippen molar-refractivity contribution < 1.29 is 14.6 Å². The Bertz CT molecular complexity index is 384. The summed E-state index contributed by atoms with van der Waals surface area (Å²) >= 11 is 0. The normalized spacial score (nSPS) is 17.6. The van der Waals surface area contributed by atoms with Crippen molar-refractivity contribution in [2.24, 2.45) is 0 Å². The van der Waals surface area contributed by atoms with Crippen molar-refractivity contribution in [2.45, 2.75) is 13.0 Å². The maximum atomic E-state index is 10.9. The van der Waals surface area contributed by atoms with E-state index in [0.717, 1.165) is 44.8 Å². The molecule has 1 aliphatic heterocycles. The Morgan fingerprint density at radius 3 is 3.06 bits per heavy atom. The van der Waals surface area contributed by atoms with E-state index in [1.54, 1.807) is 18.2 Å². The van der Waals surface area contributed by atoms with Crippen molar-refractivity contribution in [1.82, 2.24) is 4.90 Å². The lowest BCUT2D eigenvalue weighted by Gasteiger charge is -2.19. The largest absolute Gasteiger partial charge is 0.478 e. The Morgan fingerprint density at radius 1 is 1.35 bits per heavy atom. The molecule has 4 heteroatoms. The second kappa shape index (κ2) is 5.80. The molecule has 0 aromatic heterocycles. The van der Waals surface area contributed by atoms with E-state index in [-0.39, 0.29) is 0 Å². The number of carboxylic acids is 1. The number of benzene rings is 1. The molecule has 0 aliphatic carbocycles. The van der Waals surface area contributed by atoms with Crippen LogP contribution < -0.4 is 0 Å². The summed E-state index contributed by atoms with van der Waals surface area (Å²) in [6, 6.07) is 7.14. The number of hydrogen-bond acceptors (Lipinski definition) is 3. The standard InChI is InChI=1S/C13H17NO3/c15-13(16)12-4-1-3-11(9-12)10-14-5-2-7-17-8-6-14/h1,3-4,9H,2,5-8,10H2,(H,15,16). The Balaban J connectivity index is 2.01. The SMILES string of the molecule is O=C(O)c1cccc(CN2CCCOCC2)c1. The predicted octanol–water partition coefficient (Wildman–Crippen LogP) is 1.61. The van der Waals surface area contributed by atoms with Crippen LogP contribution in [0.1, 0.15) is 22.3 Å². The second-order valence-corrected chi connectivity index (χ2v) is 4.25. The number of rotatable bonds is 3. The summed E-state index contributed by atoms with van der Waals surface area (Å²) < 4.78 is 5.39. The van der Waals surface area contributed by atoms with E-state index >= 15 is 0 Å². The molecule has 1 N–H and O–H groups in total. The van der Waals surface area contributed by atoms with Gasteiger partial charge in [-0.3, -0.25) is 4.90 Å². The van der Waals surface area contributed by atoms with Gasteiger partial charge < -0.3 is 9.84 Å². The fraction of sp³-hybridized carbons (Fsp3) is 0.462. The first-order valence-electron chi connectivity index (χ1n) is 5.88. The van der Waals surface area contributed by atoms with Crippen LogP contribution in [0.25, 0.3) is 0 Å². The van der Waals surface area contributed by atoms with E-state index in [1.807, 2.05) is 6.07 Å². The lowest BCUT2D eigenvalue weighted by Crippen LogP contribution is -2.25. The van der Waals surface area contributed by atoms with Crippen molar-refractivity contribution in [3.8, 4) is 0 Å². The van der Waals surface area contributed by atoms with Crippen LogP contribution in [0.4, 0.5) is 0 Å². The molecule has 1 aliphatic rings. The van der Waals surface area contributed by atoms with Crippen LogP contribution in [0.5, 0.6) is 0 Å². The lowest BCUT2D eigenvalue weighted by atomic mass is 10.1. The summed E-state index contributed by atoms with van der Waals surface area (Å²) in [5.74, 6) is -0.869. The van der Waals surface area contributed by atoms with Crippen LogP contribution in [0.3, 0.4) is 0 Å². The van der Waals surface area contributed by atoms with Gasteiger partial charge in [-0.1, -0.05) is 12.1 Å². The average molecular weight is 235 g/mol. The van der Waals surface area contributed by atoms with Gasteiger partial charge in [0.1, 0.15) is 0 Å². The van der Waals surface area contributed by atoms with Crippen molar-refractivity contribution in [3.63, 3.8) is 0 Å².